The average molecular weight is 349 g/mol. The lowest BCUT2D eigenvalue weighted by Gasteiger charge is -2.04. The summed E-state index contributed by atoms with van der Waals surface area (Å²) in [5.41, 5.74) is 0.891. The summed E-state index contributed by atoms with van der Waals surface area (Å²) in [6.07, 6.45) is 16.1. The molecule has 1 rings (SSSR count). The number of unbranched alkanes of at least 4 members (excludes halogenated alkanes) is 10. The number of hydrogen-bond donors (Lipinski definition) is 2. The highest BCUT2D eigenvalue weighted by atomic mass is 16.3. The quantitative estimate of drug-likeness (QED) is 0.289. The Morgan fingerprint density at radius 3 is 1.88 bits per heavy atom. The van der Waals surface area contributed by atoms with Gasteiger partial charge in [-0.25, -0.2) is 0 Å². The van der Waals surface area contributed by atoms with Gasteiger partial charge in [0, 0.05) is 12.8 Å². The molecule has 0 saturated heterocycles. The molecule has 0 unspecified atom stereocenters. The normalized spacial score (nSPS) is 10.9. The first-order valence-electron chi connectivity index (χ1n) is 10.2. The molecule has 0 atom stereocenters. The summed E-state index contributed by atoms with van der Waals surface area (Å²) in [6.45, 7) is 2.25. The molecule has 0 aromatic heterocycles. The number of aromatic hydroxyl groups is 2. The Kier molecular flexibility index (Phi) is 11.8. The fourth-order valence-corrected chi connectivity index (χ4v) is 3.12. The van der Waals surface area contributed by atoms with Crippen LogP contribution in [-0.4, -0.2) is 16.0 Å². The van der Waals surface area contributed by atoms with Crippen LogP contribution in [0.1, 0.15) is 96.0 Å². The number of carbonyl (C=O) groups excluding carboxylic acids is 1. The van der Waals surface area contributed by atoms with E-state index >= 15 is 0 Å². The summed E-state index contributed by atoms with van der Waals surface area (Å²) >= 11 is 0. The summed E-state index contributed by atoms with van der Waals surface area (Å²) in [4.78, 5) is 11.9. The van der Waals surface area contributed by atoms with Gasteiger partial charge < -0.3 is 10.2 Å². The Balaban J connectivity index is 1.94. The number of aryl methyl sites for hydroxylation is 1. The SMILES string of the molecule is CCCCCCCCCCCCCC(=O)CCc1ccc(O)c(O)c1. The topological polar surface area (TPSA) is 57.5 Å². The fourth-order valence-electron chi connectivity index (χ4n) is 3.12. The monoisotopic (exact) mass is 348 g/mol. The van der Waals surface area contributed by atoms with E-state index in [2.05, 4.69) is 6.92 Å². The van der Waals surface area contributed by atoms with E-state index in [9.17, 15) is 15.0 Å². The average Bonchev–Trinajstić information content (AvgIpc) is 2.60. The van der Waals surface area contributed by atoms with Crippen LogP contribution in [0.3, 0.4) is 0 Å². The van der Waals surface area contributed by atoms with Gasteiger partial charge in [0.15, 0.2) is 11.5 Å². The standard InChI is InChI=1S/C22H36O3/c1-2-3-4-5-6-7-8-9-10-11-12-13-20(23)16-14-19-15-17-21(24)22(25)18-19/h15,17-18,24-25H,2-14,16H2,1H3. The zero-order chi connectivity index (χ0) is 18.3. The maximum absolute atomic E-state index is 11.9. The smallest absolute Gasteiger partial charge is 0.157 e. The number of carbonyl (C=O) groups is 1. The third kappa shape index (κ3) is 10.9. The van der Waals surface area contributed by atoms with Gasteiger partial charge in [0.05, 0.1) is 0 Å². The van der Waals surface area contributed by atoms with Crippen molar-refractivity contribution in [3.63, 3.8) is 0 Å². The van der Waals surface area contributed by atoms with E-state index in [0.29, 0.717) is 25.0 Å². The first-order chi connectivity index (χ1) is 12.1. The largest absolute Gasteiger partial charge is 0.504 e. The molecule has 0 aliphatic heterocycles. The number of benzene rings is 1. The van der Waals surface area contributed by atoms with E-state index < -0.39 is 0 Å². The minimum atomic E-state index is -0.115. The van der Waals surface area contributed by atoms with Crippen LogP contribution < -0.4 is 0 Å². The van der Waals surface area contributed by atoms with Crippen molar-refractivity contribution in [2.45, 2.75) is 96.8 Å². The van der Waals surface area contributed by atoms with Crippen molar-refractivity contribution in [1.82, 2.24) is 0 Å². The van der Waals surface area contributed by atoms with Crippen molar-refractivity contribution in [2.24, 2.45) is 0 Å². The molecule has 1 aromatic rings. The lowest BCUT2D eigenvalue weighted by Crippen LogP contribution is -2.00. The minimum Gasteiger partial charge on any atom is -0.504 e. The molecule has 0 aliphatic rings. The molecule has 25 heavy (non-hydrogen) atoms. The molecule has 3 nitrogen and oxygen atoms in total. The molecule has 0 bridgehead atoms. The maximum atomic E-state index is 11.9. The number of rotatable bonds is 15. The molecule has 142 valence electrons. The van der Waals surface area contributed by atoms with E-state index in [1.165, 1.54) is 69.9 Å². The lowest BCUT2D eigenvalue weighted by atomic mass is 10.0. The molecule has 0 spiro atoms. The van der Waals surface area contributed by atoms with Gasteiger partial charge in [-0.2, -0.15) is 0 Å². The van der Waals surface area contributed by atoms with Crippen molar-refractivity contribution in [3.8, 4) is 11.5 Å². The number of phenols is 2. The van der Waals surface area contributed by atoms with Crippen LogP contribution in [0, 0.1) is 0 Å². The van der Waals surface area contributed by atoms with Crippen molar-refractivity contribution in [2.75, 3.05) is 0 Å². The highest BCUT2D eigenvalue weighted by Gasteiger charge is 2.05. The Labute approximate surface area is 153 Å². The molecular formula is C22H36O3. The van der Waals surface area contributed by atoms with Crippen LogP contribution in [0.4, 0.5) is 0 Å². The summed E-state index contributed by atoms with van der Waals surface area (Å²) in [5.74, 6) is 0.0647. The van der Waals surface area contributed by atoms with E-state index in [-0.39, 0.29) is 11.5 Å². The van der Waals surface area contributed by atoms with Crippen molar-refractivity contribution >= 4 is 5.78 Å². The van der Waals surface area contributed by atoms with Crippen LogP contribution >= 0.6 is 0 Å². The molecule has 2 N–H and O–H groups in total. The molecule has 0 amide bonds. The maximum Gasteiger partial charge on any atom is 0.157 e. The molecule has 0 saturated carbocycles. The molecule has 0 fully saturated rings. The number of phenolic OH excluding ortho intramolecular Hbond substituents is 2. The summed E-state index contributed by atoms with van der Waals surface area (Å²) < 4.78 is 0. The second-order valence-corrected chi connectivity index (χ2v) is 7.15. The molecular weight excluding hydrogens is 312 g/mol. The summed E-state index contributed by atoms with van der Waals surface area (Å²) in [6, 6.07) is 4.76. The third-order valence-electron chi connectivity index (χ3n) is 4.79. The second-order valence-electron chi connectivity index (χ2n) is 7.15. The van der Waals surface area contributed by atoms with Crippen LogP contribution in [0.5, 0.6) is 11.5 Å². The Bertz CT molecular complexity index is 482. The number of Topliss-reactive ketones (excluding diaryl/α,β-unsaturated/α-hetero) is 1. The van der Waals surface area contributed by atoms with Crippen LogP contribution in [0.15, 0.2) is 18.2 Å². The predicted molar refractivity (Wildman–Crippen MR) is 104 cm³/mol. The van der Waals surface area contributed by atoms with E-state index in [1.54, 1.807) is 6.07 Å². The van der Waals surface area contributed by atoms with Crippen LogP contribution in [0.2, 0.25) is 0 Å². The highest BCUT2D eigenvalue weighted by molar-refractivity contribution is 5.78. The summed E-state index contributed by atoms with van der Waals surface area (Å²) in [7, 11) is 0. The molecule has 0 aliphatic carbocycles. The van der Waals surface area contributed by atoms with Gasteiger partial charge in [-0.15, -0.1) is 0 Å². The molecule has 0 radical (unpaired) electrons. The van der Waals surface area contributed by atoms with Gasteiger partial charge in [0.25, 0.3) is 0 Å². The van der Waals surface area contributed by atoms with Crippen molar-refractivity contribution < 1.29 is 15.0 Å². The van der Waals surface area contributed by atoms with Gasteiger partial charge in [0.2, 0.25) is 0 Å². The van der Waals surface area contributed by atoms with Gasteiger partial charge in [-0.05, 0) is 30.5 Å². The minimum absolute atomic E-state index is 0.115. The first-order valence-corrected chi connectivity index (χ1v) is 10.2. The first kappa shape index (κ1) is 21.5. The Morgan fingerprint density at radius 2 is 1.32 bits per heavy atom. The molecule has 3 heteroatoms. The fraction of sp³-hybridized carbons (Fsp3) is 0.682. The van der Waals surface area contributed by atoms with Crippen LogP contribution in [0.25, 0.3) is 0 Å². The number of ketones is 1. The second kappa shape index (κ2) is 13.7. The number of hydrogen-bond acceptors (Lipinski definition) is 3. The third-order valence-corrected chi connectivity index (χ3v) is 4.79. The van der Waals surface area contributed by atoms with Gasteiger partial charge in [0.1, 0.15) is 5.78 Å². The van der Waals surface area contributed by atoms with Crippen molar-refractivity contribution in [1.29, 1.82) is 0 Å². The predicted octanol–water partition coefficient (Wildman–Crippen LogP) is 6.30. The van der Waals surface area contributed by atoms with Crippen LogP contribution in [-0.2, 0) is 11.2 Å². The Morgan fingerprint density at radius 1 is 0.760 bits per heavy atom. The zero-order valence-electron chi connectivity index (χ0n) is 15.9. The lowest BCUT2D eigenvalue weighted by molar-refractivity contribution is -0.119. The van der Waals surface area contributed by atoms with E-state index in [1.807, 2.05) is 0 Å². The van der Waals surface area contributed by atoms with Gasteiger partial charge in [-0.1, -0.05) is 77.2 Å². The van der Waals surface area contributed by atoms with E-state index in [0.717, 1.165) is 18.4 Å². The Hall–Kier alpha value is -1.51. The van der Waals surface area contributed by atoms with Gasteiger partial charge in [-0.3, -0.25) is 4.79 Å². The summed E-state index contributed by atoms with van der Waals surface area (Å²) in [5, 5.41) is 18.7. The highest BCUT2D eigenvalue weighted by Crippen LogP contribution is 2.25. The van der Waals surface area contributed by atoms with Gasteiger partial charge >= 0.3 is 0 Å². The molecule has 1 aromatic carbocycles. The van der Waals surface area contributed by atoms with Crippen molar-refractivity contribution in [3.05, 3.63) is 23.8 Å². The molecule has 0 heterocycles. The zero-order valence-corrected chi connectivity index (χ0v) is 15.9. The van der Waals surface area contributed by atoms with E-state index in [4.69, 9.17) is 0 Å².